The van der Waals surface area contributed by atoms with E-state index in [1.54, 1.807) is 0 Å². The molecule has 2 saturated carbocycles. The van der Waals surface area contributed by atoms with Gasteiger partial charge < -0.3 is 5.73 Å². The molecule has 0 unspecified atom stereocenters. The molecular formula is C17H32N2. The normalized spacial score (nSPS) is 39.8. The van der Waals surface area contributed by atoms with Gasteiger partial charge in [-0.15, -0.1) is 0 Å². The third-order valence-corrected chi connectivity index (χ3v) is 6.74. The number of likely N-dealkylation sites (tertiary alicyclic amines) is 1. The summed E-state index contributed by atoms with van der Waals surface area (Å²) in [5, 5.41) is 0. The van der Waals surface area contributed by atoms with Gasteiger partial charge in [0.15, 0.2) is 0 Å². The lowest BCUT2D eigenvalue weighted by Gasteiger charge is -2.51. The molecule has 110 valence electrons. The van der Waals surface area contributed by atoms with Gasteiger partial charge in [-0.05, 0) is 75.8 Å². The summed E-state index contributed by atoms with van der Waals surface area (Å²) in [5.74, 6) is 0.922. The molecule has 3 fully saturated rings. The summed E-state index contributed by atoms with van der Waals surface area (Å²) in [5.41, 5.74) is 7.33. The maximum atomic E-state index is 6.22. The maximum absolute atomic E-state index is 6.22. The van der Waals surface area contributed by atoms with Crippen LogP contribution in [0.4, 0.5) is 0 Å². The predicted octanol–water partition coefficient (Wildman–Crippen LogP) is 3.55. The predicted molar refractivity (Wildman–Crippen MR) is 81.1 cm³/mol. The molecule has 0 amide bonds. The summed E-state index contributed by atoms with van der Waals surface area (Å²) < 4.78 is 0. The van der Waals surface area contributed by atoms with E-state index in [9.17, 15) is 0 Å². The zero-order valence-electron chi connectivity index (χ0n) is 12.8. The van der Waals surface area contributed by atoms with E-state index in [1.807, 2.05) is 0 Å². The van der Waals surface area contributed by atoms with Crippen LogP contribution in [-0.4, -0.2) is 30.1 Å². The Balaban J connectivity index is 1.62. The van der Waals surface area contributed by atoms with Gasteiger partial charge in [-0.3, -0.25) is 4.90 Å². The first-order valence-electron chi connectivity index (χ1n) is 8.63. The highest BCUT2D eigenvalue weighted by atomic mass is 15.2. The number of nitrogens with two attached hydrogens (primary N) is 1. The molecule has 19 heavy (non-hydrogen) atoms. The molecular weight excluding hydrogens is 232 g/mol. The first-order chi connectivity index (χ1) is 9.18. The Morgan fingerprint density at radius 1 is 0.947 bits per heavy atom. The van der Waals surface area contributed by atoms with Crippen LogP contribution in [0.5, 0.6) is 0 Å². The highest BCUT2D eigenvalue weighted by Crippen LogP contribution is 2.48. The molecule has 0 bridgehead atoms. The Morgan fingerprint density at radius 2 is 1.53 bits per heavy atom. The Morgan fingerprint density at radius 3 is 2.05 bits per heavy atom. The van der Waals surface area contributed by atoms with Crippen molar-refractivity contribution < 1.29 is 0 Å². The van der Waals surface area contributed by atoms with Crippen LogP contribution in [0, 0.1) is 11.3 Å². The van der Waals surface area contributed by atoms with Gasteiger partial charge in [0.1, 0.15) is 0 Å². The molecule has 1 aliphatic heterocycles. The highest BCUT2D eigenvalue weighted by Gasteiger charge is 2.44. The molecule has 2 aliphatic carbocycles. The quantitative estimate of drug-likeness (QED) is 0.826. The van der Waals surface area contributed by atoms with Crippen LogP contribution in [0.1, 0.15) is 71.1 Å². The number of nitrogens with zero attached hydrogens (tertiary/aromatic N) is 1. The molecule has 2 N–H and O–H groups in total. The average Bonchev–Trinajstić information content (AvgIpc) is 2.90. The van der Waals surface area contributed by atoms with E-state index < -0.39 is 0 Å². The van der Waals surface area contributed by atoms with E-state index in [-0.39, 0.29) is 0 Å². The second-order valence-electron chi connectivity index (χ2n) is 7.81. The van der Waals surface area contributed by atoms with Crippen LogP contribution in [0.2, 0.25) is 0 Å². The molecule has 3 aliphatic rings. The van der Waals surface area contributed by atoms with E-state index in [0.29, 0.717) is 5.54 Å². The summed E-state index contributed by atoms with van der Waals surface area (Å²) >= 11 is 0. The fraction of sp³-hybridized carbons (Fsp3) is 1.00. The van der Waals surface area contributed by atoms with Gasteiger partial charge in [0, 0.05) is 12.1 Å². The second-order valence-corrected chi connectivity index (χ2v) is 7.81. The summed E-state index contributed by atoms with van der Waals surface area (Å²) in [7, 11) is 0. The molecule has 1 spiro atoms. The fourth-order valence-corrected chi connectivity index (χ4v) is 5.03. The van der Waals surface area contributed by atoms with Crippen molar-refractivity contribution in [1.29, 1.82) is 0 Å². The van der Waals surface area contributed by atoms with Crippen molar-refractivity contribution in [3.05, 3.63) is 0 Å². The Labute approximate surface area is 119 Å². The van der Waals surface area contributed by atoms with Gasteiger partial charge in [0.25, 0.3) is 0 Å². The van der Waals surface area contributed by atoms with Crippen LogP contribution in [-0.2, 0) is 0 Å². The van der Waals surface area contributed by atoms with E-state index in [1.165, 1.54) is 77.3 Å². The average molecular weight is 264 g/mol. The first kappa shape index (κ1) is 13.9. The third-order valence-electron chi connectivity index (χ3n) is 6.74. The number of hydrogen-bond acceptors (Lipinski definition) is 2. The molecule has 0 radical (unpaired) electrons. The van der Waals surface area contributed by atoms with Crippen molar-refractivity contribution in [3.63, 3.8) is 0 Å². The number of piperidine rings is 1. The lowest BCUT2D eigenvalue weighted by molar-refractivity contribution is -0.00575. The van der Waals surface area contributed by atoms with Crippen molar-refractivity contribution >= 4 is 0 Å². The standard InChI is InChI=1S/C17H32N2/c1-15-4-8-17(14-18,9-5-15)19-12-10-16(11-13-19)6-2-3-7-16/h15H,2-14,18H2,1H3. The molecule has 2 nitrogen and oxygen atoms in total. The maximum Gasteiger partial charge on any atom is 0.0331 e. The molecule has 1 heterocycles. The van der Waals surface area contributed by atoms with Gasteiger partial charge in [-0.25, -0.2) is 0 Å². The lowest BCUT2D eigenvalue weighted by Crippen LogP contribution is -2.58. The van der Waals surface area contributed by atoms with Crippen molar-refractivity contribution in [2.75, 3.05) is 19.6 Å². The number of rotatable bonds is 2. The summed E-state index contributed by atoms with van der Waals surface area (Å²) in [6, 6.07) is 0. The molecule has 2 heteroatoms. The van der Waals surface area contributed by atoms with Crippen molar-refractivity contribution in [2.24, 2.45) is 17.1 Å². The molecule has 3 rings (SSSR count). The van der Waals surface area contributed by atoms with Crippen molar-refractivity contribution in [1.82, 2.24) is 4.90 Å². The third kappa shape index (κ3) is 2.58. The summed E-state index contributed by atoms with van der Waals surface area (Å²) in [6.07, 6.45) is 14.3. The van der Waals surface area contributed by atoms with Gasteiger partial charge in [0.2, 0.25) is 0 Å². The van der Waals surface area contributed by atoms with Crippen molar-refractivity contribution in [3.8, 4) is 0 Å². The lowest BCUT2D eigenvalue weighted by atomic mass is 9.72. The van der Waals surface area contributed by atoms with Crippen LogP contribution in [0.25, 0.3) is 0 Å². The van der Waals surface area contributed by atoms with Crippen LogP contribution in [0.3, 0.4) is 0 Å². The molecule has 0 aromatic rings. The minimum absolute atomic E-state index is 0.368. The van der Waals surface area contributed by atoms with E-state index >= 15 is 0 Å². The number of hydrogen-bond donors (Lipinski definition) is 1. The smallest absolute Gasteiger partial charge is 0.0331 e. The topological polar surface area (TPSA) is 29.3 Å². The van der Waals surface area contributed by atoms with Crippen LogP contribution < -0.4 is 5.73 Å². The van der Waals surface area contributed by atoms with E-state index in [2.05, 4.69) is 11.8 Å². The highest BCUT2D eigenvalue weighted by molar-refractivity contribution is 4.99. The van der Waals surface area contributed by atoms with Crippen LogP contribution in [0.15, 0.2) is 0 Å². The Hall–Kier alpha value is -0.0800. The zero-order chi connectivity index (χ0) is 13.3. The van der Waals surface area contributed by atoms with Gasteiger partial charge in [-0.2, -0.15) is 0 Å². The minimum Gasteiger partial charge on any atom is -0.329 e. The molecule has 1 saturated heterocycles. The molecule has 0 atom stereocenters. The Bertz CT molecular complexity index is 288. The van der Waals surface area contributed by atoms with Gasteiger partial charge in [-0.1, -0.05) is 19.8 Å². The van der Waals surface area contributed by atoms with Crippen LogP contribution >= 0.6 is 0 Å². The zero-order valence-corrected chi connectivity index (χ0v) is 12.8. The summed E-state index contributed by atoms with van der Waals surface area (Å²) in [6.45, 7) is 5.94. The monoisotopic (exact) mass is 264 g/mol. The second kappa shape index (κ2) is 5.37. The fourth-order valence-electron chi connectivity index (χ4n) is 5.03. The SMILES string of the molecule is CC1CCC(CN)(N2CCC3(CCCC3)CC2)CC1. The largest absolute Gasteiger partial charge is 0.329 e. The minimum atomic E-state index is 0.368. The summed E-state index contributed by atoms with van der Waals surface area (Å²) in [4.78, 5) is 2.79. The molecule has 0 aromatic heterocycles. The first-order valence-corrected chi connectivity index (χ1v) is 8.63. The van der Waals surface area contributed by atoms with E-state index in [4.69, 9.17) is 5.73 Å². The van der Waals surface area contributed by atoms with Gasteiger partial charge in [0.05, 0.1) is 0 Å². The van der Waals surface area contributed by atoms with E-state index in [0.717, 1.165) is 17.9 Å². The molecule has 0 aromatic carbocycles. The Kier molecular flexibility index (Phi) is 3.92. The van der Waals surface area contributed by atoms with Crippen molar-refractivity contribution in [2.45, 2.75) is 76.7 Å². The van der Waals surface area contributed by atoms with Gasteiger partial charge >= 0.3 is 0 Å².